The molecule has 0 radical (unpaired) electrons. The molecule has 0 aromatic heterocycles. The molecular formula is C28H47N7O12S. The van der Waals surface area contributed by atoms with Gasteiger partial charge in [0.05, 0.1) is 12.5 Å². The first-order valence-electron chi connectivity index (χ1n) is 15.0. The number of amides is 6. The van der Waals surface area contributed by atoms with Crippen molar-refractivity contribution < 1.29 is 58.5 Å². The Morgan fingerprint density at radius 1 is 0.625 bits per heavy atom. The van der Waals surface area contributed by atoms with Gasteiger partial charge in [0.1, 0.15) is 30.2 Å². The predicted octanol–water partition coefficient (Wildman–Crippen LogP) is -2.94. The molecule has 6 amide bonds. The lowest BCUT2D eigenvalue weighted by Gasteiger charge is -2.28. The number of thiol groups is 1. The number of nitrogens with two attached hydrogens (primary N) is 2. The van der Waals surface area contributed by atoms with Gasteiger partial charge in [0.25, 0.3) is 0 Å². The lowest BCUT2D eigenvalue weighted by molar-refractivity contribution is -0.144. The number of hydrogen-bond donors (Lipinski definition) is 11. The molecule has 0 aliphatic rings. The summed E-state index contributed by atoms with van der Waals surface area (Å²) in [6.45, 7) is 6.58. The van der Waals surface area contributed by atoms with Gasteiger partial charge < -0.3 is 53.4 Å². The second-order valence-electron chi connectivity index (χ2n) is 11.8. The molecule has 12 N–H and O–H groups in total. The Balaban J connectivity index is 5.92. The van der Waals surface area contributed by atoms with Crippen molar-refractivity contribution in [2.75, 3.05) is 5.75 Å². The van der Waals surface area contributed by atoms with Crippen LogP contribution < -0.4 is 38.1 Å². The van der Waals surface area contributed by atoms with E-state index in [1.54, 1.807) is 27.7 Å². The van der Waals surface area contributed by atoms with E-state index in [0.29, 0.717) is 0 Å². The lowest BCUT2D eigenvalue weighted by Crippen LogP contribution is -2.60. The highest BCUT2D eigenvalue weighted by Gasteiger charge is 2.34. The Morgan fingerprint density at radius 2 is 1.08 bits per heavy atom. The predicted molar refractivity (Wildman–Crippen MR) is 171 cm³/mol. The van der Waals surface area contributed by atoms with Gasteiger partial charge in [-0.25, -0.2) is 4.79 Å². The van der Waals surface area contributed by atoms with Crippen LogP contribution in [-0.4, -0.2) is 111 Å². The molecule has 0 aliphatic carbocycles. The Kier molecular flexibility index (Phi) is 19.4. The van der Waals surface area contributed by atoms with Crippen molar-refractivity contribution >= 4 is 66.0 Å². The average molecular weight is 706 g/mol. The Labute approximate surface area is 282 Å². The van der Waals surface area contributed by atoms with Crippen molar-refractivity contribution in [2.24, 2.45) is 23.3 Å². The van der Waals surface area contributed by atoms with Crippen molar-refractivity contribution in [3.8, 4) is 0 Å². The fourth-order valence-corrected chi connectivity index (χ4v) is 4.38. The molecular weight excluding hydrogens is 658 g/mol. The molecule has 0 spiro atoms. The van der Waals surface area contributed by atoms with Gasteiger partial charge in [-0.15, -0.1) is 0 Å². The van der Waals surface area contributed by atoms with Crippen molar-refractivity contribution in [3.63, 3.8) is 0 Å². The Bertz CT molecular complexity index is 1200. The van der Waals surface area contributed by atoms with E-state index in [9.17, 15) is 53.4 Å². The van der Waals surface area contributed by atoms with Gasteiger partial charge in [-0.05, 0) is 31.1 Å². The smallest absolute Gasteiger partial charge is 0.326 e. The molecule has 0 saturated carbocycles. The molecule has 6 atom stereocenters. The first-order valence-corrected chi connectivity index (χ1v) is 15.7. The highest BCUT2D eigenvalue weighted by Crippen LogP contribution is 2.09. The van der Waals surface area contributed by atoms with E-state index in [-0.39, 0.29) is 30.9 Å². The van der Waals surface area contributed by atoms with E-state index in [4.69, 9.17) is 16.6 Å². The van der Waals surface area contributed by atoms with Crippen LogP contribution in [-0.2, 0) is 43.2 Å². The zero-order valence-electron chi connectivity index (χ0n) is 27.2. The minimum Gasteiger partial charge on any atom is -0.481 e. The molecule has 48 heavy (non-hydrogen) atoms. The van der Waals surface area contributed by atoms with Crippen molar-refractivity contribution in [2.45, 2.75) is 102 Å². The molecule has 20 heteroatoms. The van der Waals surface area contributed by atoms with Crippen LogP contribution in [0.25, 0.3) is 0 Å². The molecule has 0 aliphatic heterocycles. The monoisotopic (exact) mass is 705 g/mol. The number of hydrogen-bond acceptors (Lipinski definition) is 11. The van der Waals surface area contributed by atoms with Gasteiger partial charge in [0.2, 0.25) is 35.4 Å². The zero-order chi connectivity index (χ0) is 37.3. The van der Waals surface area contributed by atoms with Crippen LogP contribution in [0.5, 0.6) is 0 Å². The second-order valence-corrected chi connectivity index (χ2v) is 12.1. The number of carboxylic acid groups (broad SMARTS) is 3. The molecule has 0 fully saturated rings. The molecule has 0 rings (SSSR count). The molecule has 0 aromatic rings. The highest BCUT2D eigenvalue weighted by molar-refractivity contribution is 7.80. The van der Waals surface area contributed by atoms with Crippen LogP contribution in [0.15, 0.2) is 0 Å². The van der Waals surface area contributed by atoms with Crippen LogP contribution in [0.3, 0.4) is 0 Å². The average Bonchev–Trinajstić information content (AvgIpc) is 2.97. The van der Waals surface area contributed by atoms with E-state index in [2.05, 4.69) is 39.2 Å². The highest BCUT2D eigenvalue weighted by atomic mass is 32.1. The normalized spacial score (nSPS) is 14.8. The maximum absolute atomic E-state index is 13.3. The Hall–Kier alpha value is -4.46. The third-order valence-corrected chi connectivity index (χ3v) is 7.07. The van der Waals surface area contributed by atoms with Crippen molar-refractivity contribution in [1.82, 2.24) is 26.6 Å². The van der Waals surface area contributed by atoms with Gasteiger partial charge in [-0.1, -0.05) is 27.7 Å². The maximum Gasteiger partial charge on any atom is 0.326 e. The number of primary amides is 1. The maximum atomic E-state index is 13.3. The van der Waals surface area contributed by atoms with Crippen LogP contribution in [0, 0.1) is 11.8 Å². The fourth-order valence-electron chi connectivity index (χ4n) is 4.12. The summed E-state index contributed by atoms with van der Waals surface area (Å²) >= 11 is 4.08. The number of aliphatic carboxylic acids is 3. The molecule has 0 heterocycles. The summed E-state index contributed by atoms with van der Waals surface area (Å²) in [5.41, 5.74) is 10.8. The second kappa shape index (κ2) is 21.4. The summed E-state index contributed by atoms with van der Waals surface area (Å²) in [6, 6.07) is -8.46. The quantitative estimate of drug-likeness (QED) is 0.0475. The Morgan fingerprint density at radius 3 is 1.54 bits per heavy atom. The first-order chi connectivity index (χ1) is 22.2. The topological polar surface area (TPSA) is 327 Å². The molecule has 0 saturated heterocycles. The van der Waals surface area contributed by atoms with Crippen molar-refractivity contribution in [1.29, 1.82) is 0 Å². The fraction of sp³-hybridized carbons (Fsp3) is 0.679. The summed E-state index contributed by atoms with van der Waals surface area (Å²) in [4.78, 5) is 110. The molecule has 0 bridgehead atoms. The van der Waals surface area contributed by atoms with E-state index in [1.165, 1.54) is 0 Å². The summed E-state index contributed by atoms with van der Waals surface area (Å²) in [7, 11) is 0. The standard InChI is InChI=1S/C28H47N7O12S/c1-12(2)9-16(25(43)33-17(28(46)47)10-19(30)36)32-24(42)15(6-8-21(39)40)31-26(44)18(11-48)34-27(45)22(13(3)4)35-23(41)14(29)5-7-20(37)38/h12-18,22,48H,5-11,29H2,1-4H3,(H2,30,36)(H,31,44)(H,32,42)(H,33,43)(H,34,45)(H,35,41)(H,37,38)(H,39,40)(H,46,47)/t14-,15-,16-,17-,18-,22-/m0/s1. The van der Waals surface area contributed by atoms with Gasteiger partial charge in [-0.2, -0.15) is 12.6 Å². The van der Waals surface area contributed by atoms with Crippen LogP contribution in [0.1, 0.15) is 66.2 Å². The summed E-state index contributed by atoms with van der Waals surface area (Å²) in [6.07, 6.45) is -2.36. The number of rotatable bonds is 23. The van der Waals surface area contributed by atoms with E-state index in [0.717, 1.165) is 0 Å². The van der Waals surface area contributed by atoms with Gasteiger partial charge in [0.15, 0.2) is 0 Å². The zero-order valence-corrected chi connectivity index (χ0v) is 28.1. The van der Waals surface area contributed by atoms with E-state index in [1.807, 2.05) is 0 Å². The van der Waals surface area contributed by atoms with Gasteiger partial charge >= 0.3 is 17.9 Å². The lowest BCUT2D eigenvalue weighted by atomic mass is 10.0. The summed E-state index contributed by atoms with van der Waals surface area (Å²) in [5.74, 6) is -10.7. The molecule has 0 unspecified atom stereocenters. The molecule has 272 valence electrons. The molecule has 19 nitrogen and oxygen atoms in total. The SMILES string of the molecule is CC(C)C[C@H](NC(=O)[C@H](CCC(=O)O)NC(=O)[C@H](CS)NC(=O)[C@@H](NC(=O)[C@@H](N)CCC(=O)O)C(C)C)C(=O)N[C@@H](CC(N)=O)C(=O)O. The van der Waals surface area contributed by atoms with Gasteiger partial charge in [0, 0.05) is 18.6 Å². The first kappa shape index (κ1) is 43.5. The number of carbonyl (C=O) groups is 9. The minimum absolute atomic E-state index is 0.0162. The van der Waals surface area contributed by atoms with Crippen LogP contribution in [0.4, 0.5) is 0 Å². The summed E-state index contributed by atoms with van der Waals surface area (Å²) < 4.78 is 0. The van der Waals surface area contributed by atoms with Crippen LogP contribution in [0.2, 0.25) is 0 Å². The van der Waals surface area contributed by atoms with Crippen LogP contribution >= 0.6 is 12.6 Å². The third-order valence-electron chi connectivity index (χ3n) is 6.71. The number of carbonyl (C=O) groups excluding carboxylic acids is 6. The largest absolute Gasteiger partial charge is 0.481 e. The van der Waals surface area contributed by atoms with Crippen molar-refractivity contribution in [3.05, 3.63) is 0 Å². The van der Waals surface area contributed by atoms with Gasteiger partial charge in [-0.3, -0.25) is 38.4 Å². The molecule has 0 aromatic carbocycles. The van der Waals surface area contributed by atoms with E-state index < -0.39 is 115 Å². The third kappa shape index (κ3) is 16.9. The number of nitrogens with one attached hydrogen (secondary N) is 5. The summed E-state index contributed by atoms with van der Waals surface area (Å²) in [5, 5.41) is 39.0. The number of carboxylic acids is 3. The van der Waals surface area contributed by atoms with E-state index >= 15 is 0 Å². The minimum atomic E-state index is -1.69.